The van der Waals surface area contributed by atoms with Crippen LogP contribution in [0, 0.1) is 10.1 Å². The number of carbonyl (C=O) groups excluding carboxylic acids is 1. The predicted molar refractivity (Wildman–Crippen MR) is 114 cm³/mol. The number of benzene rings is 2. The molecule has 2 aromatic carbocycles. The monoisotopic (exact) mass is 427 g/mol. The molecule has 0 unspecified atom stereocenters. The maximum absolute atomic E-state index is 12.2. The highest BCUT2D eigenvalue weighted by molar-refractivity contribution is 7.99. The number of aromatic nitrogens is 3. The van der Waals surface area contributed by atoms with E-state index in [4.69, 9.17) is 4.74 Å². The van der Waals surface area contributed by atoms with Crippen molar-refractivity contribution in [2.75, 3.05) is 18.2 Å². The topological polar surface area (TPSA) is 112 Å². The van der Waals surface area contributed by atoms with Crippen LogP contribution >= 0.6 is 11.8 Å². The molecule has 10 heteroatoms. The van der Waals surface area contributed by atoms with Crippen molar-refractivity contribution in [3.8, 4) is 5.75 Å². The molecule has 0 bridgehead atoms. The summed E-state index contributed by atoms with van der Waals surface area (Å²) in [6, 6.07) is 13.5. The Morgan fingerprint density at radius 3 is 2.47 bits per heavy atom. The molecule has 0 aliphatic carbocycles. The lowest BCUT2D eigenvalue weighted by Crippen LogP contribution is -2.14. The van der Waals surface area contributed by atoms with Gasteiger partial charge in [-0.2, -0.15) is 0 Å². The molecule has 0 radical (unpaired) electrons. The van der Waals surface area contributed by atoms with E-state index in [0.29, 0.717) is 23.8 Å². The number of hydrogen-bond acceptors (Lipinski definition) is 7. The number of thioether (sulfide) groups is 1. The Morgan fingerprint density at radius 1 is 1.17 bits per heavy atom. The van der Waals surface area contributed by atoms with Gasteiger partial charge in [0.15, 0.2) is 5.16 Å². The molecule has 0 saturated carbocycles. The fourth-order valence-electron chi connectivity index (χ4n) is 2.79. The maximum Gasteiger partial charge on any atom is 0.269 e. The van der Waals surface area contributed by atoms with Crippen LogP contribution in [0.1, 0.15) is 18.3 Å². The van der Waals surface area contributed by atoms with Gasteiger partial charge < -0.3 is 14.6 Å². The van der Waals surface area contributed by atoms with E-state index in [9.17, 15) is 14.9 Å². The van der Waals surface area contributed by atoms with Gasteiger partial charge in [-0.05, 0) is 36.8 Å². The summed E-state index contributed by atoms with van der Waals surface area (Å²) in [5, 5.41) is 22.6. The molecule has 1 heterocycles. The first-order valence-corrected chi connectivity index (χ1v) is 10.2. The van der Waals surface area contributed by atoms with Crippen molar-refractivity contribution in [3.05, 3.63) is 70.0 Å². The molecule has 3 aromatic rings. The molecule has 0 atom stereocenters. The zero-order chi connectivity index (χ0) is 21.5. The average molecular weight is 427 g/mol. The standard InChI is InChI=1S/C20H21N5O4S/c1-3-24-18(12-14-4-10-17(29-2)11-5-14)22-23-20(24)30-13-19(26)21-15-6-8-16(9-7-15)25(27)28/h4-11H,3,12-13H2,1-2H3,(H,21,26). The number of carbonyl (C=O) groups is 1. The number of nitrogens with zero attached hydrogens (tertiary/aromatic N) is 4. The van der Waals surface area contributed by atoms with Crippen molar-refractivity contribution in [2.45, 2.75) is 25.0 Å². The van der Waals surface area contributed by atoms with Gasteiger partial charge in [0.2, 0.25) is 5.91 Å². The van der Waals surface area contributed by atoms with Gasteiger partial charge in [-0.25, -0.2) is 0 Å². The Morgan fingerprint density at radius 2 is 1.87 bits per heavy atom. The molecule has 156 valence electrons. The zero-order valence-electron chi connectivity index (χ0n) is 16.6. The summed E-state index contributed by atoms with van der Waals surface area (Å²) in [5.74, 6) is 1.54. The van der Waals surface area contributed by atoms with E-state index in [2.05, 4.69) is 15.5 Å². The minimum absolute atomic E-state index is 0.0252. The highest BCUT2D eigenvalue weighted by Crippen LogP contribution is 2.21. The van der Waals surface area contributed by atoms with Gasteiger partial charge in [0.25, 0.3) is 5.69 Å². The Bertz CT molecular complexity index is 1020. The summed E-state index contributed by atoms with van der Waals surface area (Å²) >= 11 is 1.29. The predicted octanol–water partition coefficient (Wildman–Crippen LogP) is 3.54. The molecule has 1 amide bonds. The van der Waals surface area contributed by atoms with Crippen LogP contribution < -0.4 is 10.1 Å². The summed E-state index contributed by atoms with van der Waals surface area (Å²) in [7, 11) is 1.63. The van der Waals surface area contributed by atoms with E-state index in [1.54, 1.807) is 7.11 Å². The molecular formula is C20H21N5O4S. The maximum atomic E-state index is 12.2. The number of anilines is 1. The number of nitrogens with one attached hydrogen (secondary N) is 1. The fourth-order valence-corrected chi connectivity index (χ4v) is 3.62. The lowest BCUT2D eigenvalue weighted by molar-refractivity contribution is -0.384. The number of nitro groups is 1. The third kappa shape index (κ3) is 5.35. The quantitative estimate of drug-likeness (QED) is 0.316. The van der Waals surface area contributed by atoms with Crippen LogP contribution in [0.4, 0.5) is 11.4 Å². The van der Waals surface area contributed by atoms with Gasteiger partial charge in [0, 0.05) is 30.8 Å². The van der Waals surface area contributed by atoms with Crippen molar-refractivity contribution in [2.24, 2.45) is 0 Å². The molecule has 3 rings (SSSR count). The molecule has 1 aromatic heterocycles. The van der Waals surface area contributed by atoms with Crippen molar-refractivity contribution < 1.29 is 14.5 Å². The lowest BCUT2D eigenvalue weighted by atomic mass is 10.1. The second kappa shape index (κ2) is 9.88. The molecule has 0 fully saturated rings. The van der Waals surface area contributed by atoms with Gasteiger partial charge in [0.1, 0.15) is 11.6 Å². The Hall–Kier alpha value is -3.40. The first-order valence-electron chi connectivity index (χ1n) is 9.22. The van der Waals surface area contributed by atoms with Crippen LogP contribution in [0.5, 0.6) is 5.75 Å². The summed E-state index contributed by atoms with van der Waals surface area (Å²) < 4.78 is 7.16. The van der Waals surface area contributed by atoms with Crippen LogP contribution in [0.25, 0.3) is 0 Å². The number of nitro benzene ring substituents is 1. The van der Waals surface area contributed by atoms with Crippen LogP contribution in [0.15, 0.2) is 53.7 Å². The Labute approximate surface area is 177 Å². The minimum atomic E-state index is -0.484. The van der Waals surface area contributed by atoms with E-state index in [1.165, 1.54) is 36.0 Å². The van der Waals surface area contributed by atoms with Gasteiger partial charge >= 0.3 is 0 Å². The van der Waals surface area contributed by atoms with E-state index in [1.807, 2.05) is 35.8 Å². The zero-order valence-corrected chi connectivity index (χ0v) is 17.4. The normalized spacial score (nSPS) is 10.6. The molecule has 9 nitrogen and oxygen atoms in total. The summed E-state index contributed by atoms with van der Waals surface area (Å²) in [4.78, 5) is 22.4. The molecule has 0 spiro atoms. The first-order chi connectivity index (χ1) is 14.5. The third-order valence-corrected chi connectivity index (χ3v) is 5.29. The van der Waals surface area contributed by atoms with Crippen molar-refractivity contribution in [1.82, 2.24) is 14.8 Å². The molecular weight excluding hydrogens is 406 g/mol. The van der Waals surface area contributed by atoms with Crippen LogP contribution in [0.2, 0.25) is 0 Å². The molecule has 1 N–H and O–H groups in total. The summed E-state index contributed by atoms with van der Waals surface area (Å²) in [6.45, 7) is 2.69. The average Bonchev–Trinajstić information content (AvgIpc) is 3.14. The SMILES string of the molecule is CCn1c(Cc2ccc(OC)cc2)nnc1SCC(=O)Nc1ccc([N+](=O)[O-])cc1. The van der Waals surface area contributed by atoms with Crippen LogP contribution in [-0.4, -0.2) is 38.5 Å². The van der Waals surface area contributed by atoms with Gasteiger partial charge in [0.05, 0.1) is 17.8 Å². The summed E-state index contributed by atoms with van der Waals surface area (Å²) in [5.41, 5.74) is 1.57. The lowest BCUT2D eigenvalue weighted by Gasteiger charge is -2.08. The van der Waals surface area contributed by atoms with Crippen LogP contribution in [0.3, 0.4) is 0 Å². The molecule has 0 aliphatic rings. The Balaban J connectivity index is 1.59. The number of ether oxygens (including phenoxy) is 1. The molecule has 0 aliphatic heterocycles. The smallest absolute Gasteiger partial charge is 0.269 e. The van der Waals surface area contributed by atoms with Crippen molar-refractivity contribution in [3.63, 3.8) is 0 Å². The van der Waals surface area contributed by atoms with Crippen LogP contribution in [-0.2, 0) is 17.8 Å². The first kappa shape index (κ1) is 21.3. The third-order valence-electron chi connectivity index (χ3n) is 4.33. The molecule has 0 saturated heterocycles. The molecule has 30 heavy (non-hydrogen) atoms. The van der Waals surface area contributed by atoms with E-state index in [0.717, 1.165) is 17.1 Å². The number of hydrogen-bond donors (Lipinski definition) is 1. The van der Waals surface area contributed by atoms with E-state index < -0.39 is 4.92 Å². The van der Waals surface area contributed by atoms with Gasteiger partial charge in [-0.1, -0.05) is 23.9 Å². The van der Waals surface area contributed by atoms with Gasteiger partial charge in [-0.15, -0.1) is 10.2 Å². The second-order valence-corrected chi connectivity index (χ2v) is 7.25. The Kier molecular flexibility index (Phi) is 7.02. The van der Waals surface area contributed by atoms with Crippen molar-refractivity contribution >= 4 is 29.0 Å². The number of amides is 1. The van der Waals surface area contributed by atoms with E-state index in [-0.39, 0.29) is 17.3 Å². The highest BCUT2D eigenvalue weighted by Gasteiger charge is 2.14. The number of methoxy groups -OCH3 is 1. The van der Waals surface area contributed by atoms with E-state index >= 15 is 0 Å². The summed E-state index contributed by atoms with van der Waals surface area (Å²) in [6.07, 6.45) is 0.625. The largest absolute Gasteiger partial charge is 0.497 e. The number of rotatable bonds is 9. The number of non-ortho nitro benzene ring substituents is 1. The fraction of sp³-hybridized carbons (Fsp3) is 0.250. The highest BCUT2D eigenvalue weighted by atomic mass is 32.2. The second-order valence-electron chi connectivity index (χ2n) is 6.31. The van der Waals surface area contributed by atoms with Crippen molar-refractivity contribution in [1.29, 1.82) is 0 Å². The minimum Gasteiger partial charge on any atom is -0.497 e. The van der Waals surface area contributed by atoms with Gasteiger partial charge in [-0.3, -0.25) is 14.9 Å².